The van der Waals surface area contributed by atoms with Crippen LogP contribution in [0.5, 0.6) is 5.75 Å². The minimum absolute atomic E-state index is 0.129. The molecule has 0 spiro atoms. The summed E-state index contributed by atoms with van der Waals surface area (Å²) >= 11 is 0. The summed E-state index contributed by atoms with van der Waals surface area (Å²) in [6.07, 6.45) is 3.56. The van der Waals surface area contributed by atoms with E-state index in [0.29, 0.717) is 0 Å². The number of likely N-dealkylation sites (tertiary alicyclic amines) is 1. The number of nitrogens with zero attached hydrogens (tertiary/aromatic N) is 1. The van der Waals surface area contributed by atoms with Gasteiger partial charge < -0.3 is 9.64 Å². The third kappa shape index (κ3) is 2.91. The molecule has 2 fully saturated rings. The standard InChI is InChI=1S/C16H21NO2/c1-2-3-12-4-6-15(7-5-12)19-11-16(18)17-9-13-8-14(13)10-17/h4-7,13-14H,2-3,8-11H2,1H3. The number of ether oxygens (including phenoxy) is 1. The van der Waals surface area contributed by atoms with Crippen molar-refractivity contribution in [3.63, 3.8) is 0 Å². The van der Waals surface area contributed by atoms with Crippen molar-refractivity contribution >= 4 is 5.91 Å². The highest BCUT2D eigenvalue weighted by Crippen LogP contribution is 2.44. The van der Waals surface area contributed by atoms with Crippen LogP contribution in [0.3, 0.4) is 0 Å². The first-order valence-electron chi connectivity index (χ1n) is 7.25. The van der Waals surface area contributed by atoms with Crippen LogP contribution in [0.25, 0.3) is 0 Å². The van der Waals surface area contributed by atoms with E-state index in [0.717, 1.165) is 43.5 Å². The Morgan fingerprint density at radius 1 is 1.26 bits per heavy atom. The summed E-state index contributed by atoms with van der Waals surface area (Å²) in [4.78, 5) is 13.9. The number of carbonyl (C=O) groups excluding carboxylic acids is 1. The first kappa shape index (κ1) is 12.5. The van der Waals surface area contributed by atoms with E-state index in [1.54, 1.807) is 0 Å². The zero-order chi connectivity index (χ0) is 13.2. The minimum atomic E-state index is 0.129. The Balaban J connectivity index is 1.47. The van der Waals surface area contributed by atoms with Crippen LogP contribution in [-0.2, 0) is 11.2 Å². The zero-order valence-corrected chi connectivity index (χ0v) is 11.5. The molecule has 1 aliphatic carbocycles. The predicted molar refractivity (Wildman–Crippen MR) is 74.1 cm³/mol. The fourth-order valence-corrected chi connectivity index (χ4v) is 2.88. The molecule has 0 radical (unpaired) electrons. The van der Waals surface area contributed by atoms with E-state index in [-0.39, 0.29) is 12.5 Å². The second kappa shape index (κ2) is 5.24. The lowest BCUT2D eigenvalue weighted by atomic mass is 10.1. The summed E-state index contributed by atoms with van der Waals surface area (Å²) in [5, 5.41) is 0. The molecule has 2 unspecified atom stereocenters. The van der Waals surface area contributed by atoms with Crippen molar-refractivity contribution in [2.45, 2.75) is 26.2 Å². The molecular weight excluding hydrogens is 238 g/mol. The highest BCUT2D eigenvalue weighted by molar-refractivity contribution is 5.78. The molecule has 1 heterocycles. The van der Waals surface area contributed by atoms with Gasteiger partial charge in [-0.3, -0.25) is 4.79 Å². The zero-order valence-electron chi connectivity index (χ0n) is 11.5. The maximum absolute atomic E-state index is 12.0. The lowest BCUT2D eigenvalue weighted by molar-refractivity contribution is -0.132. The van der Waals surface area contributed by atoms with E-state index in [2.05, 4.69) is 19.1 Å². The van der Waals surface area contributed by atoms with E-state index in [1.807, 2.05) is 17.0 Å². The van der Waals surface area contributed by atoms with Crippen molar-refractivity contribution in [1.82, 2.24) is 4.90 Å². The molecule has 2 aliphatic rings. The van der Waals surface area contributed by atoms with Gasteiger partial charge in [0.05, 0.1) is 0 Å². The molecular formula is C16H21NO2. The van der Waals surface area contributed by atoms with Gasteiger partial charge in [0, 0.05) is 13.1 Å². The molecule has 3 rings (SSSR count). The molecule has 0 bridgehead atoms. The number of fused-ring (bicyclic) bond motifs is 1. The number of amides is 1. The molecule has 1 aromatic rings. The van der Waals surface area contributed by atoms with E-state index >= 15 is 0 Å². The molecule has 2 atom stereocenters. The van der Waals surface area contributed by atoms with Gasteiger partial charge in [-0.1, -0.05) is 25.5 Å². The summed E-state index contributed by atoms with van der Waals surface area (Å²) in [6, 6.07) is 8.07. The van der Waals surface area contributed by atoms with Crippen LogP contribution < -0.4 is 4.74 Å². The van der Waals surface area contributed by atoms with Crippen LogP contribution in [-0.4, -0.2) is 30.5 Å². The SMILES string of the molecule is CCCc1ccc(OCC(=O)N2CC3CC3C2)cc1. The fourth-order valence-electron chi connectivity index (χ4n) is 2.88. The summed E-state index contributed by atoms with van der Waals surface area (Å²) in [7, 11) is 0. The third-order valence-corrected chi connectivity index (χ3v) is 4.16. The Labute approximate surface area is 114 Å². The largest absolute Gasteiger partial charge is 0.484 e. The molecule has 0 N–H and O–H groups in total. The number of aryl methyl sites for hydroxylation is 1. The van der Waals surface area contributed by atoms with Crippen LogP contribution >= 0.6 is 0 Å². The molecule has 1 aliphatic heterocycles. The molecule has 1 aromatic carbocycles. The average Bonchev–Trinajstić information content (AvgIpc) is 3.04. The maximum atomic E-state index is 12.0. The van der Waals surface area contributed by atoms with Gasteiger partial charge in [-0.15, -0.1) is 0 Å². The van der Waals surface area contributed by atoms with Crippen molar-refractivity contribution in [3.8, 4) is 5.75 Å². The second-order valence-electron chi connectivity index (χ2n) is 5.74. The van der Waals surface area contributed by atoms with Gasteiger partial charge in [0.15, 0.2) is 6.61 Å². The van der Waals surface area contributed by atoms with E-state index in [1.165, 1.54) is 12.0 Å². The Morgan fingerprint density at radius 3 is 2.58 bits per heavy atom. The van der Waals surface area contributed by atoms with Crippen LogP contribution in [0, 0.1) is 11.8 Å². The minimum Gasteiger partial charge on any atom is -0.484 e. The summed E-state index contributed by atoms with van der Waals surface area (Å²) in [5.41, 5.74) is 1.32. The highest BCUT2D eigenvalue weighted by atomic mass is 16.5. The van der Waals surface area contributed by atoms with E-state index in [9.17, 15) is 4.79 Å². The topological polar surface area (TPSA) is 29.5 Å². The van der Waals surface area contributed by atoms with Gasteiger partial charge in [0.25, 0.3) is 5.91 Å². The molecule has 1 saturated carbocycles. The van der Waals surface area contributed by atoms with Crippen molar-refractivity contribution in [2.75, 3.05) is 19.7 Å². The van der Waals surface area contributed by atoms with Crippen LogP contribution in [0.2, 0.25) is 0 Å². The van der Waals surface area contributed by atoms with Crippen molar-refractivity contribution in [3.05, 3.63) is 29.8 Å². The number of benzene rings is 1. The number of carbonyl (C=O) groups is 1. The number of hydrogen-bond donors (Lipinski definition) is 0. The predicted octanol–water partition coefficient (Wildman–Crippen LogP) is 2.50. The highest BCUT2D eigenvalue weighted by Gasteiger charge is 2.46. The van der Waals surface area contributed by atoms with E-state index < -0.39 is 0 Å². The Bertz CT molecular complexity index is 444. The van der Waals surface area contributed by atoms with Gasteiger partial charge in [0.1, 0.15) is 5.75 Å². The second-order valence-corrected chi connectivity index (χ2v) is 5.74. The number of rotatable bonds is 5. The summed E-state index contributed by atoms with van der Waals surface area (Å²) < 4.78 is 5.57. The van der Waals surface area contributed by atoms with Gasteiger partial charge >= 0.3 is 0 Å². The van der Waals surface area contributed by atoms with Crippen molar-refractivity contribution in [1.29, 1.82) is 0 Å². The average molecular weight is 259 g/mol. The smallest absolute Gasteiger partial charge is 0.260 e. The molecule has 102 valence electrons. The first-order valence-corrected chi connectivity index (χ1v) is 7.25. The van der Waals surface area contributed by atoms with Gasteiger partial charge in [-0.25, -0.2) is 0 Å². The van der Waals surface area contributed by atoms with Crippen LogP contribution in [0.1, 0.15) is 25.3 Å². The monoisotopic (exact) mass is 259 g/mol. The van der Waals surface area contributed by atoms with Crippen molar-refractivity contribution < 1.29 is 9.53 Å². The normalized spacial score (nSPS) is 24.2. The summed E-state index contributed by atoms with van der Waals surface area (Å²) in [6.45, 7) is 4.24. The van der Waals surface area contributed by atoms with E-state index in [4.69, 9.17) is 4.74 Å². The molecule has 1 amide bonds. The Kier molecular flexibility index (Phi) is 3.45. The maximum Gasteiger partial charge on any atom is 0.260 e. The molecule has 19 heavy (non-hydrogen) atoms. The van der Waals surface area contributed by atoms with Crippen LogP contribution in [0.15, 0.2) is 24.3 Å². The molecule has 3 heteroatoms. The fraction of sp³-hybridized carbons (Fsp3) is 0.562. The van der Waals surface area contributed by atoms with Gasteiger partial charge in [0.2, 0.25) is 0 Å². The van der Waals surface area contributed by atoms with Gasteiger partial charge in [-0.05, 0) is 42.4 Å². The third-order valence-electron chi connectivity index (χ3n) is 4.16. The quantitative estimate of drug-likeness (QED) is 0.813. The summed E-state index contributed by atoms with van der Waals surface area (Å²) in [5.74, 6) is 2.50. The lowest BCUT2D eigenvalue weighted by Crippen LogP contribution is -2.34. The van der Waals surface area contributed by atoms with Crippen molar-refractivity contribution in [2.24, 2.45) is 11.8 Å². The molecule has 0 aromatic heterocycles. The van der Waals surface area contributed by atoms with Crippen LogP contribution in [0.4, 0.5) is 0 Å². The molecule has 3 nitrogen and oxygen atoms in total. The Hall–Kier alpha value is -1.51. The van der Waals surface area contributed by atoms with Gasteiger partial charge in [-0.2, -0.15) is 0 Å². The number of piperidine rings is 1. The number of hydrogen-bond acceptors (Lipinski definition) is 2. The first-order chi connectivity index (χ1) is 9.26. The molecule has 1 saturated heterocycles. The Morgan fingerprint density at radius 2 is 1.95 bits per heavy atom. The lowest BCUT2D eigenvalue weighted by Gasteiger charge is -2.18.